The van der Waals surface area contributed by atoms with Crippen LogP contribution in [0.15, 0.2) is 0 Å². The minimum atomic E-state index is -4.57. The molecule has 0 unspecified atom stereocenters. The minimum absolute atomic E-state index is 0.193. The van der Waals surface area contributed by atoms with E-state index in [-0.39, 0.29) is 6.42 Å². The Morgan fingerprint density at radius 2 is 1.07 bits per heavy atom. The lowest BCUT2D eigenvalue weighted by Crippen LogP contribution is -2.22. The second-order valence-electron chi connectivity index (χ2n) is 2.87. The summed E-state index contributed by atoms with van der Waals surface area (Å²) in [6.07, 6.45) is -1.07. The molecule has 0 saturated heterocycles. The third-order valence-corrected chi connectivity index (χ3v) is 3.44. The van der Waals surface area contributed by atoms with Crippen LogP contribution in [0.1, 0.15) is 19.3 Å². The van der Waals surface area contributed by atoms with Gasteiger partial charge in [0.15, 0.2) is 10.9 Å². The van der Waals surface area contributed by atoms with Crippen molar-refractivity contribution in [3.8, 4) is 0 Å². The van der Waals surface area contributed by atoms with Gasteiger partial charge < -0.3 is 10.2 Å². The van der Waals surface area contributed by atoms with E-state index in [1.165, 1.54) is 0 Å². The van der Waals surface area contributed by atoms with Crippen LogP contribution in [0.2, 0.25) is 0 Å². The molecule has 0 aliphatic carbocycles. The predicted molar refractivity (Wildman–Crippen MR) is 49.0 cm³/mol. The van der Waals surface area contributed by atoms with Crippen LogP contribution in [0.5, 0.6) is 0 Å². The molecule has 0 saturated carbocycles. The molecule has 0 heterocycles. The van der Waals surface area contributed by atoms with Crippen molar-refractivity contribution in [2.75, 3.05) is 0 Å². The number of rotatable bonds is 6. The van der Waals surface area contributed by atoms with Crippen molar-refractivity contribution >= 4 is 20.2 Å². The Morgan fingerprint density at radius 3 is 1.27 bits per heavy atom. The van der Waals surface area contributed by atoms with Crippen molar-refractivity contribution in [2.24, 2.45) is 0 Å². The first kappa shape index (κ1) is 14.7. The highest BCUT2D eigenvalue weighted by Gasteiger charge is 2.22. The van der Waals surface area contributed by atoms with Crippen LogP contribution in [0.4, 0.5) is 0 Å². The average Bonchev–Trinajstić information content (AvgIpc) is 2.00. The Morgan fingerprint density at radius 1 is 0.800 bits per heavy atom. The SMILES string of the molecule is O=S(=O)(O)[C@H](O)CCC[C@@H](O)S(=O)(=O)O. The van der Waals surface area contributed by atoms with Gasteiger partial charge in [-0.25, -0.2) is 0 Å². The highest BCUT2D eigenvalue weighted by atomic mass is 32.2. The molecule has 0 spiro atoms. The third kappa shape index (κ3) is 6.02. The van der Waals surface area contributed by atoms with Gasteiger partial charge in [0, 0.05) is 0 Å². The summed E-state index contributed by atoms with van der Waals surface area (Å²) >= 11 is 0. The van der Waals surface area contributed by atoms with Crippen LogP contribution in [0.25, 0.3) is 0 Å². The lowest BCUT2D eigenvalue weighted by molar-refractivity contribution is 0.194. The van der Waals surface area contributed by atoms with Crippen LogP contribution in [-0.2, 0) is 20.2 Å². The zero-order chi connectivity index (χ0) is 12.3. The summed E-state index contributed by atoms with van der Waals surface area (Å²) in [5.41, 5.74) is -4.04. The monoisotopic (exact) mass is 264 g/mol. The Balaban J connectivity index is 4.03. The van der Waals surface area contributed by atoms with Gasteiger partial charge in [-0.05, 0) is 19.3 Å². The first-order chi connectivity index (χ1) is 6.55. The predicted octanol–water partition coefficient (Wildman–Crippen LogP) is -1.43. The number of hydrogen-bond acceptors (Lipinski definition) is 6. The van der Waals surface area contributed by atoms with Crippen LogP contribution in [0.3, 0.4) is 0 Å². The fraction of sp³-hybridized carbons (Fsp3) is 1.00. The summed E-state index contributed by atoms with van der Waals surface area (Å²) in [7, 11) is -9.15. The quantitative estimate of drug-likeness (QED) is 0.426. The Labute approximate surface area is 87.0 Å². The van der Waals surface area contributed by atoms with E-state index in [1.807, 2.05) is 0 Å². The van der Waals surface area contributed by atoms with E-state index in [2.05, 4.69) is 0 Å². The average molecular weight is 264 g/mol. The van der Waals surface area contributed by atoms with E-state index in [4.69, 9.17) is 19.3 Å². The molecule has 4 N–H and O–H groups in total. The van der Waals surface area contributed by atoms with E-state index in [1.54, 1.807) is 0 Å². The smallest absolute Gasteiger partial charge is 0.291 e. The highest BCUT2D eigenvalue weighted by Crippen LogP contribution is 2.10. The largest absolute Gasteiger partial charge is 0.375 e. The molecule has 0 rings (SSSR count). The van der Waals surface area contributed by atoms with E-state index in [9.17, 15) is 16.8 Å². The van der Waals surface area contributed by atoms with Crippen LogP contribution in [0, 0.1) is 0 Å². The topological polar surface area (TPSA) is 149 Å². The molecule has 10 heteroatoms. The lowest BCUT2D eigenvalue weighted by Gasteiger charge is -2.09. The molecule has 0 aromatic carbocycles. The fourth-order valence-electron chi connectivity index (χ4n) is 0.765. The molecule has 15 heavy (non-hydrogen) atoms. The Kier molecular flexibility index (Phi) is 5.09. The Hall–Kier alpha value is -0.260. The molecule has 0 fully saturated rings. The van der Waals surface area contributed by atoms with Gasteiger partial charge >= 0.3 is 0 Å². The minimum Gasteiger partial charge on any atom is -0.375 e. The molecule has 0 amide bonds. The van der Waals surface area contributed by atoms with E-state index >= 15 is 0 Å². The number of aliphatic hydroxyl groups excluding tert-OH is 2. The summed E-state index contributed by atoms with van der Waals surface area (Å²) in [5.74, 6) is 0. The normalized spacial score (nSPS) is 17.3. The maximum atomic E-state index is 10.3. The molecule has 0 radical (unpaired) electrons. The third-order valence-electron chi connectivity index (χ3n) is 1.59. The zero-order valence-corrected chi connectivity index (χ0v) is 9.15. The van der Waals surface area contributed by atoms with Crippen molar-refractivity contribution in [2.45, 2.75) is 30.1 Å². The van der Waals surface area contributed by atoms with Gasteiger partial charge in [-0.1, -0.05) is 0 Å². The van der Waals surface area contributed by atoms with Crippen molar-refractivity contribution in [3.05, 3.63) is 0 Å². The zero-order valence-electron chi connectivity index (χ0n) is 7.51. The van der Waals surface area contributed by atoms with Crippen LogP contribution in [-0.4, -0.2) is 47.0 Å². The van der Waals surface area contributed by atoms with Gasteiger partial charge in [-0.15, -0.1) is 0 Å². The number of aliphatic hydroxyl groups is 2. The van der Waals surface area contributed by atoms with Crippen molar-refractivity contribution in [1.29, 1.82) is 0 Å². The summed E-state index contributed by atoms with van der Waals surface area (Å²) in [4.78, 5) is 0. The molecule has 2 atom stereocenters. The summed E-state index contributed by atoms with van der Waals surface area (Å²) in [6.45, 7) is 0. The van der Waals surface area contributed by atoms with Crippen LogP contribution >= 0.6 is 0 Å². The molecule has 92 valence electrons. The van der Waals surface area contributed by atoms with Gasteiger partial charge in [0.25, 0.3) is 20.2 Å². The standard InChI is InChI=1S/C5H12O8S2/c6-4(14(8,9)10)2-1-3-5(7)15(11,12)13/h4-7H,1-3H2,(H,8,9,10)(H,11,12,13)/t4-,5-/m0/s1. The molecular weight excluding hydrogens is 252 g/mol. The molecule has 0 bridgehead atoms. The van der Waals surface area contributed by atoms with Crippen molar-refractivity contribution in [3.63, 3.8) is 0 Å². The van der Waals surface area contributed by atoms with Crippen LogP contribution < -0.4 is 0 Å². The maximum absolute atomic E-state index is 10.3. The molecule has 8 nitrogen and oxygen atoms in total. The van der Waals surface area contributed by atoms with E-state index in [0.29, 0.717) is 0 Å². The second-order valence-corrected chi connectivity index (χ2v) is 6.02. The number of hydrogen-bond donors (Lipinski definition) is 4. The maximum Gasteiger partial charge on any atom is 0.291 e. The second kappa shape index (κ2) is 5.18. The first-order valence-corrected chi connectivity index (χ1v) is 6.84. The molecule has 0 aromatic heterocycles. The van der Waals surface area contributed by atoms with Crippen molar-refractivity contribution < 1.29 is 36.2 Å². The van der Waals surface area contributed by atoms with Gasteiger partial charge in [0.05, 0.1) is 0 Å². The van der Waals surface area contributed by atoms with Gasteiger partial charge in [-0.3, -0.25) is 9.11 Å². The summed E-state index contributed by atoms with van der Waals surface area (Å²) in [5, 5.41) is 17.5. The van der Waals surface area contributed by atoms with E-state index in [0.717, 1.165) is 0 Å². The summed E-state index contributed by atoms with van der Waals surface area (Å²) in [6, 6.07) is 0. The lowest BCUT2D eigenvalue weighted by atomic mass is 10.2. The molecule has 0 aromatic rings. The summed E-state index contributed by atoms with van der Waals surface area (Å²) < 4.78 is 57.7. The van der Waals surface area contributed by atoms with Gasteiger partial charge in [-0.2, -0.15) is 16.8 Å². The van der Waals surface area contributed by atoms with Gasteiger partial charge in [0.1, 0.15) is 0 Å². The first-order valence-electron chi connectivity index (χ1n) is 3.84. The molecule has 0 aliphatic heterocycles. The van der Waals surface area contributed by atoms with E-state index < -0.39 is 43.9 Å². The Bertz CT molecular complexity index is 343. The van der Waals surface area contributed by atoms with Gasteiger partial charge in [0.2, 0.25) is 0 Å². The molecule has 0 aliphatic rings. The van der Waals surface area contributed by atoms with Crippen molar-refractivity contribution in [1.82, 2.24) is 0 Å². The fourth-order valence-corrected chi connectivity index (χ4v) is 1.69. The highest BCUT2D eigenvalue weighted by molar-refractivity contribution is 7.86. The molecular formula is C5H12O8S2.